The second-order valence-corrected chi connectivity index (χ2v) is 11.3. The van der Waals surface area contributed by atoms with Crippen LogP contribution in [0.1, 0.15) is 41.0 Å². The average molecular weight is 548 g/mol. The molecule has 0 spiro atoms. The van der Waals surface area contributed by atoms with Crippen LogP contribution in [0.15, 0.2) is 103 Å². The number of hydrogen-bond acceptors (Lipinski definition) is 5. The summed E-state index contributed by atoms with van der Waals surface area (Å²) in [7, 11) is 0. The Labute approximate surface area is 240 Å². The Hall–Kier alpha value is -4.13. The molecule has 0 radical (unpaired) electrons. The molecule has 1 amide bonds. The van der Waals surface area contributed by atoms with Gasteiger partial charge in [-0.05, 0) is 45.5 Å². The lowest BCUT2D eigenvalue weighted by Gasteiger charge is -2.51. The number of rotatable bonds is 6. The monoisotopic (exact) mass is 547 g/mol. The second-order valence-electron chi connectivity index (χ2n) is 11.3. The number of morpholine rings is 1. The molecule has 1 N–H and O–H groups in total. The lowest BCUT2D eigenvalue weighted by molar-refractivity contribution is -0.136. The number of ether oxygens (including phenoxy) is 3. The third kappa shape index (κ3) is 4.88. The van der Waals surface area contributed by atoms with E-state index in [1.54, 1.807) is 4.90 Å². The van der Waals surface area contributed by atoms with Crippen molar-refractivity contribution < 1.29 is 24.1 Å². The summed E-state index contributed by atoms with van der Waals surface area (Å²) in [6.45, 7) is 1.46. The van der Waals surface area contributed by atoms with Crippen LogP contribution in [0.5, 0.6) is 5.75 Å². The number of carbonyl (C=O) groups is 1. The van der Waals surface area contributed by atoms with E-state index in [9.17, 15) is 9.90 Å². The molecule has 2 atom stereocenters. The van der Waals surface area contributed by atoms with Crippen LogP contribution >= 0.6 is 0 Å². The van der Waals surface area contributed by atoms with Gasteiger partial charge in [-0.1, -0.05) is 91.0 Å². The van der Waals surface area contributed by atoms with Crippen molar-refractivity contribution in [1.82, 2.24) is 4.90 Å². The molecular weight excluding hydrogens is 514 g/mol. The number of benzene rings is 4. The molecule has 2 aliphatic heterocycles. The SMILES string of the molecule is O=C(OCC1c2ccccc2-c2ccccc21)N1C2COCC1CC(O)(c1cccc(OCc3ccccc3)c1)C2. The van der Waals surface area contributed by atoms with Crippen molar-refractivity contribution in [3.63, 3.8) is 0 Å². The zero-order valence-electron chi connectivity index (χ0n) is 22.8. The van der Waals surface area contributed by atoms with Gasteiger partial charge in [0, 0.05) is 18.8 Å². The van der Waals surface area contributed by atoms with Crippen molar-refractivity contribution in [2.75, 3.05) is 19.8 Å². The predicted octanol–water partition coefficient (Wildman–Crippen LogP) is 6.27. The van der Waals surface area contributed by atoms with Crippen LogP contribution in [0.3, 0.4) is 0 Å². The Morgan fingerprint density at radius 1 is 0.829 bits per heavy atom. The van der Waals surface area contributed by atoms with Crippen molar-refractivity contribution in [2.45, 2.75) is 43.1 Å². The fraction of sp³-hybridized carbons (Fsp3) is 0.286. The number of hydrogen-bond donors (Lipinski definition) is 1. The first-order valence-electron chi connectivity index (χ1n) is 14.3. The molecular formula is C35H33NO5. The minimum Gasteiger partial charge on any atom is -0.489 e. The summed E-state index contributed by atoms with van der Waals surface area (Å²) in [5.74, 6) is 0.711. The number of piperidine rings is 1. The van der Waals surface area contributed by atoms with Crippen molar-refractivity contribution in [3.8, 4) is 16.9 Å². The third-order valence-electron chi connectivity index (χ3n) is 8.72. The second kappa shape index (κ2) is 10.7. The van der Waals surface area contributed by atoms with Gasteiger partial charge in [-0.25, -0.2) is 4.79 Å². The molecule has 3 aliphatic rings. The van der Waals surface area contributed by atoms with E-state index < -0.39 is 5.60 Å². The van der Waals surface area contributed by atoms with E-state index in [0.717, 1.165) is 11.1 Å². The van der Waals surface area contributed by atoms with E-state index >= 15 is 0 Å². The standard InChI is InChI=1S/C35H33NO5/c37-34(41-23-33-31-15-6-4-13-29(31)30-14-5-7-16-32(30)33)36-26-18-35(38,19-27(36)22-39-21-26)25-11-8-12-28(17-25)40-20-24-9-2-1-3-10-24/h1-17,26-27,33,38H,18-23H2. The van der Waals surface area contributed by atoms with Gasteiger partial charge in [-0.15, -0.1) is 0 Å². The number of nitrogens with zero attached hydrogens (tertiary/aromatic N) is 1. The van der Waals surface area contributed by atoms with Crippen LogP contribution in [0, 0.1) is 0 Å². The Morgan fingerprint density at radius 3 is 2.15 bits per heavy atom. The minimum absolute atomic E-state index is 0.00258. The summed E-state index contributed by atoms with van der Waals surface area (Å²) in [6.07, 6.45) is 0.401. The van der Waals surface area contributed by atoms with Gasteiger partial charge >= 0.3 is 6.09 Å². The van der Waals surface area contributed by atoms with E-state index in [1.807, 2.05) is 78.9 Å². The van der Waals surface area contributed by atoms with E-state index in [-0.39, 0.29) is 30.7 Å². The maximum absolute atomic E-state index is 13.6. The molecule has 0 saturated carbocycles. The quantitative estimate of drug-likeness (QED) is 0.308. The van der Waals surface area contributed by atoms with E-state index in [2.05, 4.69) is 24.3 Å². The highest BCUT2D eigenvalue weighted by molar-refractivity contribution is 5.79. The summed E-state index contributed by atoms with van der Waals surface area (Å²) in [4.78, 5) is 15.4. The van der Waals surface area contributed by atoms with Crippen LogP contribution in [-0.4, -0.2) is 48.0 Å². The molecule has 0 aromatic heterocycles. The van der Waals surface area contributed by atoms with Gasteiger partial charge in [-0.2, -0.15) is 0 Å². The number of fused-ring (bicyclic) bond motifs is 5. The lowest BCUT2D eigenvalue weighted by atomic mass is 9.77. The molecule has 2 bridgehead atoms. The average Bonchev–Trinajstić information content (AvgIpc) is 3.33. The van der Waals surface area contributed by atoms with Crippen molar-refractivity contribution in [3.05, 3.63) is 125 Å². The summed E-state index contributed by atoms with van der Waals surface area (Å²) < 4.78 is 17.9. The largest absolute Gasteiger partial charge is 0.489 e. The summed E-state index contributed by atoms with van der Waals surface area (Å²) >= 11 is 0. The van der Waals surface area contributed by atoms with Crippen LogP contribution in [0.25, 0.3) is 11.1 Å². The van der Waals surface area contributed by atoms with Crippen LogP contribution < -0.4 is 4.74 Å². The van der Waals surface area contributed by atoms with Crippen molar-refractivity contribution in [1.29, 1.82) is 0 Å². The Morgan fingerprint density at radius 2 is 1.46 bits per heavy atom. The molecule has 2 fully saturated rings. The predicted molar refractivity (Wildman–Crippen MR) is 156 cm³/mol. The van der Waals surface area contributed by atoms with Crippen LogP contribution in [0.2, 0.25) is 0 Å². The van der Waals surface area contributed by atoms with Gasteiger partial charge in [0.25, 0.3) is 0 Å². The first-order valence-corrected chi connectivity index (χ1v) is 14.3. The highest BCUT2D eigenvalue weighted by atomic mass is 16.6. The first kappa shape index (κ1) is 25.8. The first-order chi connectivity index (χ1) is 20.1. The van der Waals surface area contributed by atoms with Gasteiger partial charge in [0.2, 0.25) is 0 Å². The topological polar surface area (TPSA) is 68.2 Å². The Kier molecular flexibility index (Phi) is 6.73. The van der Waals surface area contributed by atoms with Crippen molar-refractivity contribution >= 4 is 6.09 Å². The van der Waals surface area contributed by atoms with E-state index in [1.165, 1.54) is 22.3 Å². The van der Waals surface area contributed by atoms with Crippen LogP contribution in [0.4, 0.5) is 4.79 Å². The molecule has 208 valence electrons. The Bertz CT molecular complexity index is 1490. The zero-order chi connectivity index (χ0) is 27.8. The number of amides is 1. The number of carbonyl (C=O) groups excluding carboxylic acids is 1. The smallest absolute Gasteiger partial charge is 0.410 e. The normalized spacial score (nSPS) is 23.0. The van der Waals surface area contributed by atoms with Gasteiger partial charge in [0.15, 0.2) is 0 Å². The maximum atomic E-state index is 13.6. The molecule has 1 aliphatic carbocycles. The summed E-state index contributed by atoms with van der Waals surface area (Å²) in [5, 5.41) is 11.9. The molecule has 2 saturated heterocycles. The van der Waals surface area contributed by atoms with Crippen molar-refractivity contribution in [2.24, 2.45) is 0 Å². The van der Waals surface area contributed by atoms with Gasteiger partial charge < -0.3 is 19.3 Å². The van der Waals surface area contributed by atoms with Crippen LogP contribution in [-0.2, 0) is 21.7 Å². The zero-order valence-corrected chi connectivity index (χ0v) is 22.8. The van der Waals surface area contributed by atoms with Gasteiger partial charge in [0.05, 0.1) is 30.9 Å². The molecule has 2 heterocycles. The maximum Gasteiger partial charge on any atom is 0.410 e. The highest BCUT2D eigenvalue weighted by Gasteiger charge is 2.49. The van der Waals surface area contributed by atoms with Gasteiger partial charge in [0.1, 0.15) is 19.0 Å². The molecule has 4 aromatic rings. The fourth-order valence-corrected chi connectivity index (χ4v) is 6.79. The summed E-state index contributed by atoms with van der Waals surface area (Å²) in [5.41, 5.74) is 5.57. The molecule has 4 aromatic carbocycles. The third-order valence-corrected chi connectivity index (χ3v) is 8.72. The minimum atomic E-state index is -1.09. The highest BCUT2D eigenvalue weighted by Crippen LogP contribution is 2.45. The van der Waals surface area contributed by atoms with E-state index in [4.69, 9.17) is 14.2 Å². The molecule has 2 unspecified atom stereocenters. The fourth-order valence-electron chi connectivity index (χ4n) is 6.79. The summed E-state index contributed by atoms with van der Waals surface area (Å²) in [6, 6.07) is 33.8. The van der Waals surface area contributed by atoms with E-state index in [0.29, 0.717) is 38.4 Å². The number of aliphatic hydroxyl groups is 1. The molecule has 6 heteroatoms. The molecule has 7 rings (SSSR count). The lowest BCUT2D eigenvalue weighted by Crippen LogP contribution is -2.62. The Balaban J connectivity index is 1.05. The van der Waals surface area contributed by atoms with Gasteiger partial charge in [-0.3, -0.25) is 4.90 Å². The molecule has 6 nitrogen and oxygen atoms in total. The molecule has 41 heavy (non-hydrogen) atoms.